The van der Waals surface area contributed by atoms with E-state index in [-0.39, 0.29) is 5.91 Å². The zero-order valence-corrected chi connectivity index (χ0v) is 16.3. The van der Waals surface area contributed by atoms with Crippen LogP contribution >= 0.6 is 0 Å². The molecule has 1 heterocycles. The molecular formula is C22H31N2O3+. The van der Waals surface area contributed by atoms with Crippen LogP contribution in [0.15, 0.2) is 18.2 Å². The number of carbonyl (C=O) groups is 1. The van der Waals surface area contributed by atoms with Gasteiger partial charge in [-0.3, -0.25) is 4.79 Å². The Kier molecular flexibility index (Phi) is 4.30. The summed E-state index contributed by atoms with van der Waals surface area (Å²) in [6, 6.07) is 6.04. The van der Waals surface area contributed by atoms with Crippen LogP contribution in [0.1, 0.15) is 44.1 Å². The topological polar surface area (TPSA) is 52.0 Å². The molecule has 1 aromatic rings. The summed E-state index contributed by atoms with van der Waals surface area (Å²) in [4.78, 5) is 13.7. The SMILES string of the molecule is C[NH+](CC(=O)NCC12CC3CC(CC(C3)C1)C2)Cc1ccc2c(c1)OCO2. The van der Waals surface area contributed by atoms with E-state index in [4.69, 9.17) is 9.47 Å². The van der Waals surface area contributed by atoms with Gasteiger partial charge in [-0.25, -0.2) is 0 Å². The number of rotatable bonds is 6. The molecule has 0 aromatic heterocycles. The van der Waals surface area contributed by atoms with Crippen LogP contribution in [0.25, 0.3) is 0 Å². The first-order chi connectivity index (χ1) is 13.1. The number of likely N-dealkylation sites (N-methyl/N-ethyl adjacent to an activating group) is 1. The molecule has 1 unspecified atom stereocenters. The van der Waals surface area contributed by atoms with Crippen molar-refractivity contribution in [3.8, 4) is 11.5 Å². The molecule has 1 aliphatic heterocycles. The molecule has 27 heavy (non-hydrogen) atoms. The highest BCUT2D eigenvalue weighted by molar-refractivity contribution is 5.76. The number of fused-ring (bicyclic) bond motifs is 1. The molecular weight excluding hydrogens is 340 g/mol. The molecule has 0 spiro atoms. The second kappa shape index (κ2) is 6.69. The summed E-state index contributed by atoms with van der Waals surface area (Å²) < 4.78 is 10.8. The van der Waals surface area contributed by atoms with Crippen molar-refractivity contribution in [2.75, 3.05) is 26.9 Å². The smallest absolute Gasteiger partial charge is 0.275 e. The number of hydrogen-bond acceptors (Lipinski definition) is 3. The highest BCUT2D eigenvalue weighted by atomic mass is 16.7. The van der Waals surface area contributed by atoms with Gasteiger partial charge < -0.3 is 19.7 Å². The Morgan fingerprint density at radius 3 is 2.48 bits per heavy atom. The molecule has 1 atom stereocenters. The minimum Gasteiger partial charge on any atom is -0.454 e. The number of ether oxygens (including phenoxy) is 2. The van der Waals surface area contributed by atoms with Crippen LogP contribution in [-0.4, -0.2) is 32.8 Å². The molecule has 5 heteroatoms. The Balaban J connectivity index is 1.12. The molecule has 4 aliphatic carbocycles. The predicted octanol–water partition coefficient (Wildman–Crippen LogP) is 1.76. The molecule has 1 amide bonds. The van der Waals surface area contributed by atoms with Gasteiger partial charge in [0.15, 0.2) is 18.0 Å². The van der Waals surface area contributed by atoms with Crippen molar-refractivity contribution >= 4 is 5.91 Å². The van der Waals surface area contributed by atoms with Crippen molar-refractivity contribution < 1.29 is 19.2 Å². The van der Waals surface area contributed by atoms with E-state index in [1.807, 2.05) is 12.1 Å². The lowest BCUT2D eigenvalue weighted by Gasteiger charge is -2.56. The fourth-order valence-corrected chi connectivity index (χ4v) is 6.59. The molecule has 6 rings (SSSR count). The van der Waals surface area contributed by atoms with Crippen molar-refractivity contribution in [2.45, 2.75) is 45.1 Å². The van der Waals surface area contributed by atoms with Crippen molar-refractivity contribution in [2.24, 2.45) is 23.2 Å². The lowest BCUT2D eigenvalue weighted by Crippen LogP contribution is -3.08. The second-order valence-electron chi connectivity index (χ2n) is 9.69. The van der Waals surface area contributed by atoms with Crippen LogP contribution in [-0.2, 0) is 11.3 Å². The Hall–Kier alpha value is -1.75. The molecule has 4 fully saturated rings. The quantitative estimate of drug-likeness (QED) is 0.801. The van der Waals surface area contributed by atoms with Crippen molar-refractivity contribution in [1.29, 1.82) is 0 Å². The fraction of sp³-hybridized carbons (Fsp3) is 0.682. The summed E-state index contributed by atoms with van der Waals surface area (Å²) >= 11 is 0. The number of amides is 1. The maximum Gasteiger partial charge on any atom is 0.275 e. The molecule has 0 radical (unpaired) electrons. The molecule has 4 saturated carbocycles. The molecule has 5 nitrogen and oxygen atoms in total. The van der Waals surface area contributed by atoms with Gasteiger partial charge in [-0.05, 0) is 79.9 Å². The lowest BCUT2D eigenvalue weighted by molar-refractivity contribution is -0.885. The minimum absolute atomic E-state index is 0.184. The Bertz CT molecular complexity index is 697. The summed E-state index contributed by atoms with van der Waals surface area (Å²) in [5.74, 6) is 4.62. The summed E-state index contributed by atoms with van der Waals surface area (Å²) in [6.45, 7) is 2.52. The van der Waals surface area contributed by atoms with Gasteiger partial charge in [-0.1, -0.05) is 0 Å². The van der Waals surface area contributed by atoms with Crippen molar-refractivity contribution in [3.63, 3.8) is 0 Å². The lowest BCUT2D eigenvalue weighted by atomic mass is 9.49. The zero-order valence-electron chi connectivity index (χ0n) is 16.3. The summed E-state index contributed by atoms with van der Waals surface area (Å²) in [5, 5.41) is 3.29. The number of hydrogen-bond donors (Lipinski definition) is 2. The third-order valence-corrected chi connectivity index (χ3v) is 7.23. The molecule has 1 aromatic carbocycles. The first kappa shape index (κ1) is 17.4. The number of benzene rings is 1. The maximum atomic E-state index is 12.5. The van der Waals surface area contributed by atoms with E-state index in [9.17, 15) is 4.79 Å². The van der Waals surface area contributed by atoms with Gasteiger partial charge >= 0.3 is 0 Å². The standard InChI is InChI=1S/C22H30N2O3/c1-24(11-15-2-3-19-20(7-15)27-14-26-19)12-21(25)23-13-22-8-16-4-17(9-22)6-18(5-16)10-22/h2-3,7,16-18H,4-6,8-14H2,1H3,(H,23,25)/p+1. The Morgan fingerprint density at radius 2 is 1.78 bits per heavy atom. The Labute approximate surface area is 161 Å². The van der Waals surface area contributed by atoms with Crippen LogP contribution < -0.4 is 19.7 Å². The first-order valence-electron chi connectivity index (χ1n) is 10.5. The summed E-state index contributed by atoms with van der Waals surface area (Å²) in [7, 11) is 2.08. The van der Waals surface area contributed by atoms with Gasteiger partial charge in [0.05, 0.1) is 7.05 Å². The normalized spacial score (nSPS) is 33.9. The van der Waals surface area contributed by atoms with E-state index in [0.29, 0.717) is 18.8 Å². The molecule has 4 bridgehead atoms. The molecule has 0 saturated heterocycles. The van der Waals surface area contributed by atoms with Crippen LogP contribution in [0.4, 0.5) is 0 Å². The van der Waals surface area contributed by atoms with Crippen molar-refractivity contribution in [1.82, 2.24) is 5.32 Å². The van der Waals surface area contributed by atoms with Crippen LogP contribution in [0.2, 0.25) is 0 Å². The average Bonchev–Trinajstić information content (AvgIpc) is 3.06. The van der Waals surface area contributed by atoms with Gasteiger partial charge in [0.1, 0.15) is 6.54 Å². The largest absolute Gasteiger partial charge is 0.454 e. The second-order valence-corrected chi connectivity index (χ2v) is 9.69. The third kappa shape index (κ3) is 3.54. The predicted molar refractivity (Wildman–Crippen MR) is 102 cm³/mol. The number of carbonyl (C=O) groups excluding carboxylic acids is 1. The van der Waals surface area contributed by atoms with Crippen molar-refractivity contribution in [3.05, 3.63) is 23.8 Å². The highest BCUT2D eigenvalue weighted by Crippen LogP contribution is 2.59. The van der Waals surface area contributed by atoms with Crippen LogP contribution in [0.3, 0.4) is 0 Å². The number of quaternary nitrogens is 1. The maximum absolute atomic E-state index is 12.5. The van der Waals surface area contributed by atoms with Gasteiger partial charge in [-0.2, -0.15) is 0 Å². The van der Waals surface area contributed by atoms with Gasteiger partial charge in [-0.15, -0.1) is 0 Å². The van der Waals surface area contributed by atoms with E-state index in [0.717, 1.165) is 42.3 Å². The van der Waals surface area contributed by atoms with Gasteiger partial charge in [0.25, 0.3) is 5.91 Å². The average molecular weight is 372 g/mol. The fourth-order valence-electron chi connectivity index (χ4n) is 6.59. The molecule has 5 aliphatic rings. The first-order valence-corrected chi connectivity index (χ1v) is 10.5. The van der Waals surface area contributed by atoms with E-state index in [2.05, 4.69) is 18.4 Å². The molecule has 2 N–H and O–H groups in total. The summed E-state index contributed by atoms with van der Waals surface area (Å²) in [5.41, 5.74) is 1.58. The minimum atomic E-state index is 0.184. The zero-order chi connectivity index (χ0) is 18.4. The van der Waals surface area contributed by atoms with E-state index < -0.39 is 0 Å². The van der Waals surface area contributed by atoms with Gasteiger partial charge in [0.2, 0.25) is 6.79 Å². The highest BCUT2D eigenvalue weighted by Gasteiger charge is 2.50. The van der Waals surface area contributed by atoms with E-state index >= 15 is 0 Å². The third-order valence-electron chi connectivity index (χ3n) is 7.23. The Morgan fingerprint density at radius 1 is 1.11 bits per heavy atom. The van der Waals surface area contributed by atoms with Gasteiger partial charge in [0, 0.05) is 12.1 Å². The van der Waals surface area contributed by atoms with Crippen LogP contribution in [0.5, 0.6) is 11.5 Å². The monoisotopic (exact) mass is 371 g/mol. The van der Waals surface area contributed by atoms with Crippen LogP contribution in [0, 0.1) is 23.2 Å². The molecule has 146 valence electrons. The van der Waals surface area contributed by atoms with E-state index in [1.165, 1.54) is 49.0 Å². The number of nitrogens with one attached hydrogen (secondary N) is 2. The summed E-state index contributed by atoms with van der Waals surface area (Å²) in [6.07, 6.45) is 8.40. The van der Waals surface area contributed by atoms with E-state index in [1.54, 1.807) is 0 Å².